The van der Waals surface area contributed by atoms with Crippen molar-refractivity contribution in [3.63, 3.8) is 0 Å². The van der Waals surface area contributed by atoms with Crippen molar-refractivity contribution in [3.05, 3.63) is 53.7 Å². The van der Waals surface area contributed by atoms with Crippen LogP contribution in [0.1, 0.15) is 11.7 Å². The summed E-state index contributed by atoms with van der Waals surface area (Å²) >= 11 is 0. The van der Waals surface area contributed by atoms with Crippen molar-refractivity contribution in [2.75, 3.05) is 11.9 Å². The van der Waals surface area contributed by atoms with Gasteiger partial charge in [0.25, 0.3) is 0 Å². The van der Waals surface area contributed by atoms with Gasteiger partial charge in [-0.15, -0.1) is 0 Å². The van der Waals surface area contributed by atoms with Gasteiger partial charge in [-0.05, 0) is 24.3 Å². The van der Waals surface area contributed by atoms with Gasteiger partial charge in [0.2, 0.25) is 5.88 Å². The lowest BCUT2D eigenvalue weighted by Gasteiger charge is -2.26. The first-order chi connectivity index (χ1) is 8.75. The highest BCUT2D eigenvalue weighted by Gasteiger charge is 2.26. The fourth-order valence-electron chi connectivity index (χ4n) is 1.98. The molecule has 2 aromatic rings. The molecule has 1 aliphatic heterocycles. The van der Waals surface area contributed by atoms with E-state index in [1.54, 1.807) is 18.3 Å². The lowest BCUT2D eigenvalue weighted by molar-refractivity contribution is 0.191. The molecule has 5 heteroatoms. The highest BCUT2D eigenvalue weighted by Crippen LogP contribution is 2.33. The molecule has 18 heavy (non-hydrogen) atoms. The number of anilines is 1. The maximum Gasteiger partial charge on any atom is 0.238 e. The molecule has 0 aliphatic carbocycles. The fraction of sp³-hybridized carbons (Fsp3) is 0.154. The van der Waals surface area contributed by atoms with Crippen molar-refractivity contribution in [3.8, 4) is 5.88 Å². The highest BCUT2D eigenvalue weighted by atomic mass is 19.1. The van der Waals surface area contributed by atoms with E-state index in [4.69, 9.17) is 4.74 Å². The normalized spacial score (nSPS) is 17.6. The van der Waals surface area contributed by atoms with Crippen LogP contribution in [0.15, 0.2) is 36.5 Å². The summed E-state index contributed by atoms with van der Waals surface area (Å²) < 4.78 is 32.8. The number of nitrogens with zero attached hydrogens (tertiary/aromatic N) is 1. The molecule has 1 N–H and O–H groups in total. The standard InChI is InChI=1S/C13H10F2N2O/c14-8-3-1-4-9(15)12(8)11-7-17-10-5-2-6-16-13(10)18-11/h1-6,11,17H,7H2. The van der Waals surface area contributed by atoms with Gasteiger partial charge in [0.05, 0.1) is 17.8 Å². The Morgan fingerprint density at radius 2 is 1.94 bits per heavy atom. The molecule has 1 aliphatic rings. The number of ether oxygens (including phenoxy) is 1. The van der Waals surface area contributed by atoms with Crippen molar-refractivity contribution in [1.29, 1.82) is 0 Å². The summed E-state index contributed by atoms with van der Waals surface area (Å²) in [7, 11) is 0. The van der Waals surface area contributed by atoms with Gasteiger partial charge in [-0.25, -0.2) is 13.8 Å². The number of rotatable bonds is 1. The third kappa shape index (κ3) is 1.77. The summed E-state index contributed by atoms with van der Waals surface area (Å²) in [4.78, 5) is 4.02. The molecule has 1 unspecified atom stereocenters. The van der Waals surface area contributed by atoms with Gasteiger partial charge in [0.1, 0.15) is 17.7 Å². The Morgan fingerprint density at radius 1 is 1.17 bits per heavy atom. The molecular weight excluding hydrogens is 238 g/mol. The van der Waals surface area contributed by atoms with E-state index < -0.39 is 17.7 Å². The van der Waals surface area contributed by atoms with Gasteiger partial charge >= 0.3 is 0 Å². The van der Waals surface area contributed by atoms with Gasteiger partial charge in [-0.1, -0.05) is 6.07 Å². The maximum atomic E-state index is 13.6. The SMILES string of the molecule is Fc1cccc(F)c1C1CNc2cccnc2O1. The Labute approximate surface area is 102 Å². The number of fused-ring (bicyclic) bond motifs is 1. The van der Waals surface area contributed by atoms with E-state index in [1.807, 2.05) is 0 Å². The first-order valence-electron chi connectivity index (χ1n) is 5.55. The van der Waals surface area contributed by atoms with Gasteiger partial charge < -0.3 is 10.1 Å². The Morgan fingerprint density at radius 3 is 2.72 bits per heavy atom. The van der Waals surface area contributed by atoms with Crippen LogP contribution in [0.5, 0.6) is 5.88 Å². The topological polar surface area (TPSA) is 34.2 Å². The Balaban J connectivity index is 1.97. The van der Waals surface area contributed by atoms with E-state index in [0.29, 0.717) is 12.4 Å². The second-order valence-electron chi connectivity index (χ2n) is 3.98. The molecule has 0 amide bonds. The summed E-state index contributed by atoms with van der Waals surface area (Å²) in [6.45, 7) is 0.302. The summed E-state index contributed by atoms with van der Waals surface area (Å²) in [5.74, 6) is -0.862. The third-order valence-electron chi connectivity index (χ3n) is 2.82. The number of nitrogens with one attached hydrogen (secondary N) is 1. The van der Waals surface area contributed by atoms with E-state index in [0.717, 1.165) is 5.69 Å². The molecule has 1 aromatic heterocycles. The minimum Gasteiger partial charge on any atom is -0.466 e. The molecule has 1 atom stereocenters. The number of halogens is 2. The molecule has 0 spiro atoms. The van der Waals surface area contributed by atoms with Crippen molar-refractivity contribution >= 4 is 5.69 Å². The first kappa shape index (κ1) is 11.0. The molecule has 0 bridgehead atoms. The second-order valence-corrected chi connectivity index (χ2v) is 3.98. The minimum atomic E-state index is -0.714. The van der Waals surface area contributed by atoms with Crippen LogP contribution >= 0.6 is 0 Å². The van der Waals surface area contributed by atoms with E-state index >= 15 is 0 Å². The molecule has 92 valence electrons. The first-order valence-corrected chi connectivity index (χ1v) is 5.55. The zero-order valence-electron chi connectivity index (χ0n) is 9.36. The summed E-state index contributed by atoms with van der Waals surface area (Å²) in [6, 6.07) is 7.33. The van der Waals surface area contributed by atoms with Crippen molar-refractivity contribution in [2.45, 2.75) is 6.10 Å². The van der Waals surface area contributed by atoms with Crippen LogP contribution in [-0.2, 0) is 0 Å². The number of aromatic nitrogens is 1. The van der Waals surface area contributed by atoms with Crippen LogP contribution in [0.3, 0.4) is 0 Å². The fourth-order valence-corrected chi connectivity index (χ4v) is 1.98. The number of pyridine rings is 1. The van der Waals surface area contributed by atoms with E-state index in [1.165, 1.54) is 18.2 Å². The lowest BCUT2D eigenvalue weighted by Crippen LogP contribution is -2.25. The molecule has 3 rings (SSSR count). The van der Waals surface area contributed by atoms with E-state index in [2.05, 4.69) is 10.3 Å². The van der Waals surface area contributed by atoms with Crippen molar-refractivity contribution < 1.29 is 13.5 Å². The average Bonchev–Trinajstić information content (AvgIpc) is 2.38. The third-order valence-corrected chi connectivity index (χ3v) is 2.82. The van der Waals surface area contributed by atoms with Crippen LogP contribution in [0.4, 0.5) is 14.5 Å². The van der Waals surface area contributed by atoms with E-state index in [9.17, 15) is 8.78 Å². The maximum absolute atomic E-state index is 13.6. The molecule has 0 saturated heterocycles. The Bertz CT molecular complexity index is 569. The van der Waals surface area contributed by atoms with Crippen LogP contribution < -0.4 is 10.1 Å². The molecular formula is C13H10F2N2O. The smallest absolute Gasteiger partial charge is 0.238 e. The zero-order valence-corrected chi connectivity index (χ0v) is 9.36. The van der Waals surface area contributed by atoms with Gasteiger partial charge in [0, 0.05) is 6.20 Å². The number of benzene rings is 1. The van der Waals surface area contributed by atoms with Gasteiger partial charge in [0.15, 0.2) is 0 Å². The van der Waals surface area contributed by atoms with Crippen LogP contribution in [-0.4, -0.2) is 11.5 Å². The predicted molar refractivity (Wildman–Crippen MR) is 62.5 cm³/mol. The summed E-state index contributed by atoms with van der Waals surface area (Å²) in [6.07, 6.45) is 0.856. The minimum absolute atomic E-state index is 0.0682. The van der Waals surface area contributed by atoms with E-state index in [-0.39, 0.29) is 5.56 Å². The van der Waals surface area contributed by atoms with Crippen molar-refractivity contribution in [1.82, 2.24) is 4.98 Å². The number of hydrogen-bond donors (Lipinski definition) is 1. The number of hydrogen-bond acceptors (Lipinski definition) is 3. The lowest BCUT2D eigenvalue weighted by atomic mass is 10.1. The monoisotopic (exact) mass is 248 g/mol. The molecule has 1 aromatic carbocycles. The predicted octanol–water partition coefficient (Wildman–Crippen LogP) is 2.91. The highest BCUT2D eigenvalue weighted by molar-refractivity contribution is 5.54. The van der Waals surface area contributed by atoms with Gasteiger partial charge in [-0.3, -0.25) is 0 Å². The second kappa shape index (κ2) is 4.25. The van der Waals surface area contributed by atoms with Crippen LogP contribution in [0.2, 0.25) is 0 Å². The van der Waals surface area contributed by atoms with Crippen LogP contribution in [0.25, 0.3) is 0 Å². The molecule has 2 heterocycles. The Hall–Kier alpha value is -2.17. The average molecular weight is 248 g/mol. The molecule has 0 fully saturated rings. The van der Waals surface area contributed by atoms with Crippen molar-refractivity contribution in [2.24, 2.45) is 0 Å². The zero-order chi connectivity index (χ0) is 12.5. The molecule has 3 nitrogen and oxygen atoms in total. The van der Waals surface area contributed by atoms with Gasteiger partial charge in [-0.2, -0.15) is 0 Å². The summed E-state index contributed by atoms with van der Waals surface area (Å²) in [5.41, 5.74) is 0.659. The Kier molecular flexibility index (Phi) is 2.59. The largest absolute Gasteiger partial charge is 0.466 e. The summed E-state index contributed by atoms with van der Waals surface area (Å²) in [5, 5.41) is 3.04. The van der Waals surface area contributed by atoms with Crippen LogP contribution in [0, 0.1) is 11.6 Å². The molecule has 0 saturated carbocycles. The molecule has 0 radical (unpaired) electrons. The quantitative estimate of drug-likeness (QED) is 0.842.